The number of hydrogen-bond acceptors (Lipinski definition) is 4. The van der Waals surface area contributed by atoms with Gasteiger partial charge in [-0.2, -0.15) is 0 Å². The maximum atomic E-state index is 5.89. The van der Waals surface area contributed by atoms with Gasteiger partial charge in [-0.1, -0.05) is 29.8 Å². The Bertz CT molecular complexity index is 713. The predicted octanol–water partition coefficient (Wildman–Crippen LogP) is 5.24. The van der Waals surface area contributed by atoms with Gasteiger partial charge in [0.2, 0.25) is 11.8 Å². The van der Waals surface area contributed by atoms with Crippen molar-refractivity contribution in [2.45, 2.75) is 17.1 Å². The summed E-state index contributed by atoms with van der Waals surface area (Å²) in [6.07, 6.45) is 0. The van der Waals surface area contributed by atoms with Gasteiger partial charge in [-0.25, -0.2) is 0 Å². The van der Waals surface area contributed by atoms with Crippen LogP contribution in [0.3, 0.4) is 0 Å². The highest BCUT2D eigenvalue weighted by Crippen LogP contribution is 2.35. The first kappa shape index (κ1) is 14.2. The molecule has 21 heavy (non-hydrogen) atoms. The summed E-state index contributed by atoms with van der Waals surface area (Å²) in [5, 5.41) is 9.07. The molecule has 0 radical (unpaired) electrons. The first-order valence-electron chi connectivity index (χ1n) is 6.53. The molecule has 1 heterocycles. The summed E-state index contributed by atoms with van der Waals surface area (Å²) >= 11 is 7.55. The van der Waals surface area contributed by atoms with E-state index in [1.165, 1.54) is 0 Å². The molecule has 1 atom stereocenters. The number of rotatable bonds is 4. The minimum absolute atomic E-state index is 0.0798. The Morgan fingerprint density at radius 3 is 2.43 bits per heavy atom. The Morgan fingerprint density at radius 1 is 1.00 bits per heavy atom. The number of halogens is 1. The van der Waals surface area contributed by atoms with Gasteiger partial charge in [0.05, 0.1) is 5.25 Å². The Kier molecular flexibility index (Phi) is 4.27. The number of nitrogens with zero attached hydrogens (tertiary/aromatic N) is 2. The van der Waals surface area contributed by atoms with E-state index < -0.39 is 0 Å². The average molecular weight is 317 g/mol. The predicted molar refractivity (Wildman–Crippen MR) is 85.5 cm³/mol. The fraction of sp³-hybridized carbons (Fsp3) is 0.125. The van der Waals surface area contributed by atoms with Gasteiger partial charge in [0.1, 0.15) is 0 Å². The summed E-state index contributed by atoms with van der Waals surface area (Å²) in [4.78, 5) is 1.12. The number of aromatic nitrogens is 2. The summed E-state index contributed by atoms with van der Waals surface area (Å²) in [5.41, 5.74) is 0.931. The molecule has 0 saturated carbocycles. The topological polar surface area (TPSA) is 38.9 Å². The van der Waals surface area contributed by atoms with Gasteiger partial charge in [-0.05, 0) is 43.3 Å². The van der Waals surface area contributed by atoms with Crippen LogP contribution in [0, 0.1) is 0 Å². The molecule has 0 spiro atoms. The van der Waals surface area contributed by atoms with E-state index in [0.717, 1.165) is 15.5 Å². The second kappa shape index (κ2) is 6.33. The minimum Gasteiger partial charge on any atom is -0.419 e. The van der Waals surface area contributed by atoms with Gasteiger partial charge in [0.15, 0.2) is 0 Å². The second-order valence-electron chi connectivity index (χ2n) is 4.53. The fourth-order valence-corrected chi connectivity index (χ4v) is 2.89. The molecule has 0 aliphatic rings. The van der Waals surface area contributed by atoms with Gasteiger partial charge in [0.25, 0.3) is 0 Å². The third-order valence-electron chi connectivity index (χ3n) is 2.94. The van der Waals surface area contributed by atoms with E-state index in [0.29, 0.717) is 11.8 Å². The average Bonchev–Trinajstić information content (AvgIpc) is 3.00. The third kappa shape index (κ3) is 3.46. The summed E-state index contributed by atoms with van der Waals surface area (Å²) in [5.74, 6) is 1.17. The molecule has 0 N–H and O–H groups in total. The Labute approximate surface area is 132 Å². The monoisotopic (exact) mass is 316 g/mol. The lowest BCUT2D eigenvalue weighted by Crippen LogP contribution is -1.88. The SMILES string of the molecule is CC(Sc1ccc(Cl)cc1)c1nnc(-c2ccccc2)o1. The molecule has 3 nitrogen and oxygen atoms in total. The maximum absolute atomic E-state index is 5.89. The van der Waals surface area contributed by atoms with Crippen LogP contribution in [0.1, 0.15) is 18.1 Å². The van der Waals surface area contributed by atoms with Crippen LogP contribution in [-0.4, -0.2) is 10.2 Å². The van der Waals surface area contributed by atoms with E-state index >= 15 is 0 Å². The number of thioether (sulfide) groups is 1. The van der Waals surface area contributed by atoms with Crippen molar-refractivity contribution in [1.29, 1.82) is 0 Å². The van der Waals surface area contributed by atoms with Gasteiger partial charge in [-0.3, -0.25) is 0 Å². The first-order chi connectivity index (χ1) is 10.2. The fourth-order valence-electron chi connectivity index (χ4n) is 1.86. The molecule has 3 aromatic rings. The van der Waals surface area contributed by atoms with Crippen LogP contribution in [0.15, 0.2) is 63.9 Å². The molecule has 1 aromatic heterocycles. The molecule has 106 valence electrons. The molecule has 0 bridgehead atoms. The molecule has 2 aromatic carbocycles. The molecule has 5 heteroatoms. The van der Waals surface area contributed by atoms with Crippen molar-refractivity contribution in [3.05, 3.63) is 65.5 Å². The van der Waals surface area contributed by atoms with Crippen molar-refractivity contribution in [3.8, 4) is 11.5 Å². The molecule has 3 rings (SSSR count). The van der Waals surface area contributed by atoms with E-state index in [-0.39, 0.29) is 5.25 Å². The molecular formula is C16H13ClN2OS. The van der Waals surface area contributed by atoms with E-state index in [9.17, 15) is 0 Å². The van der Waals surface area contributed by atoms with Crippen molar-refractivity contribution in [2.75, 3.05) is 0 Å². The van der Waals surface area contributed by atoms with Crippen LogP contribution in [0.25, 0.3) is 11.5 Å². The van der Waals surface area contributed by atoms with E-state index in [2.05, 4.69) is 10.2 Å². The van der Waals surface area contributed by atoms with Crippen LogP contribution in [0.2, 0.25) is 5.02 Å². The third-order valence-corrected chi connectivity index (χ3v) is 4.29. The number of hydrogen-bond donors (Lipinski definition) is 0. The van der Waals surface area contributed by atoms with Gasteiger partial charge < -0.3 is 4.42 Å². The molecule has 0 fully saturated rings. The van der Waals surface area contributed by atoms with Crippen LogP contribution < -0.4 is 0 Å². The highest BCUT2D eigenvalue weighted by Gasteiger charge is 2.16. The lowest BCUT2D eigenvalue weighted by atomic mass is 10.2. The highest BCUT2D eigenvalue weighted by molar-refractivity contribution is 7.99. The van der Waals surface area contributed by atoms with Crippen LogP contribution in [-0.2, 0) is 0 Å². The van der Waals surface area contributed by atoms with Crippen molar-refractivity contribution >= 4 is 23.4 Å². The van der Waals surface area contributed by atoms with Crippen molar-refractivity contribution in [3.63, 3.8) is 0 Å². The van der Waals surface area contributed by atoms with Crippen LogP contribution in [0.4, 0.5) is 0 Å². The van der Waals surface area contributed by atoms with E-state index in [1.807, 2.05) is 61.5 Å². The summed E-state index contributed by atoms with van der Waals surface area (Å²) in [7, 11) is 0. The Morgan fingerprint density at radius 2 is 1.71 bits per heavy atom. The molecule has 0 aliphatic heterocycles. The molecule has 0 saturated heterocycles. The van der Waals surface area contributed by atoms with Crippen LogP contribution in [0.5, 0.6) is 0 Å². The molecule has 0 aliphatic carbocycles. The van der Waals surface area contributed by atoms with Crippen molar-refractivity contribution in [1.82, 2.24) is 10.2 Å². The van der Waals surface area contributed by atoms with Crippen molar-refractivity contribution < 1.29 is 4.42 Å². The van der Waals surface area contributed by atoms with Gasteiger partial charge in [0, 0.05) is 15.5 Å². The second-order valence-corrected chi connectivity index (χ2v) is 6.38. The number of benzene rings is 2. The summed E-state index contributed by atoms with van der Waals surface area (Å²) in [6.45, 7) is 2.04. The highest BCUT2D eigenvalue weighted by atomic mass is 35.5. The summed E-state index contributed by atoms with van der Waals surface area (Å²) in [6, 6.07) is 17.5. The summed E-state index contributed by atoms with van der Waals surface area (Å²) < 4.78 is 5.76. The standard InChI is InChI=1S/C16H13ClN2OS/c1-11(21-14-9-7-13(17)8-10-14)15-18-19-16(20-15)12-5-3-2-4-6-12/h2-11H,1H3. The van der Waals surface area contributed by atoms with Gasteiger partial charge >= 0.3 is 0 Å². The smallest absolute Gasteiger partial charge is 0.247 e. The molecular weight excluding hydrogens is 304 g/mol. The molecule has 1 unspecified atom stereocenters. The first-order valence-corrected chi connectivity index (χ1v) is 7.79. The van der Waals surface area contributed by atoms with E-state index in [1.54, 1.807) is 11.8 Å². The lowest BCUT2D eigenvalue weighted by molar-refractivity contribution is 0.509. The van der Waals surface area contributed by atoms with E-state index in [4.69, 9.17) is 16.0 Å². The normalized spacial score (nSPS) is 12.3. The van der Waals surface area contributed by atoms with Gasteiger partial charge in [-0.15, -0.1) is 22.0 Å². The Balaban J connectivity index is 1.75. The molecule has 0 amide bonds. The van der Waals surface area contributed by atoms with Crippen LogP contribution >= 0.6 is 23.4 Å². The lowest BCUT2D eigenvalue weighted by Gasteiger charge is -2.06. The zero-order valence-electron chi connectivity index (χ0n) is 11.4. The van der Waals surface area contributed by atoms with Crippen molar-refractivity contribution in [2.24, 2.45) is 0 Å². The quantitative estimate of drug-likeness (QED) is 0.617. The zero-order chi connectivity index (χ0) is 14.7. The largest absolute Gasteiger partial charge is 0.419 e. The maximum Gasteiger partial charge on any atom is 0.247 e. The Hall–Kier alpha value is -1.78. The zero-order valence-corrected chi connectivity index (χ0v) is 12.9. The minimum atomic E-state index is 0.0798.